The van der Waals surface area contributed by atoms with Crippen LogP contribution in [0.2, 0.25) is 0 Å². The average molecular weight is 467 g/mol. The Morgan fingerprint density at radius 3 is 2.42 bits per heavy atom. The highest BCUT2D eigenvalue weighted by Gasteiger charge is 2.29. The van der Waals surface area contributed by atoms with Crippen molar-refractivity contribution in [1.82, 2.24) is 4.31 Å². The first-order valence-corrected chi connectivity index (χ1v) is 12.1. The summed E-state index contributed by atoms with van der Waals surface area (Å²) >= 11 is 0. The van der Waals surface area contributed by atoms with Crippen LogP contribution in [0.3, 0.4) is 0 Å². The number of hydrogen-bond donors (Lipinski definition) is 1. The molecule has 0 radical (unpaired) electrons. The Kier molecular flexibility index (Phi) is 7.08. The van der Waals surface area contributed by atoms with E-state index in [0.29, 0.717) is 24.5 Å². The number of ether oxygens (including phenoxy) is 2. The largest absolute Gasteiger partial charge is 0.495 e. The summed E-state index contributed by atoms with van der Waals surface area (Å²) in [5, 5.41) is 2.96. The molecular weight excluding hydrogens is 440 g/mol. The highest BCUT2D eigenvalue weighted by Crippen LogP contribution is 2.30. The lowest BCUT2D eigenvalue weighted by molar-refractivity contribution is -0.115. The summed E-state index contributed by atoms with van der Waals surface area (Å²) in [5.74, 6) is 0.0124. The molecule has 4 rings (SSSR count). The van der Waals surface area contributed by atoms with Crippen molar-refractivity contribution in [2.24, 2.45) is 0 Å². The van der Waals surface area contributed by atoms with Gasteiger partial charge in [-0.1, -0.05) is 54.6 Å². The van der Waals surface area contributed by atoms with Gasteiger partial charge in [0.05, 0.1) is 26.7 Å². The molecule has 1 fully saturated rings. The van der Waals surface area contributed by atoms with Gasteiger partial charge in [-0.2, -0.15) is 4.31 Å². The van der Waals surface area contributed by atoms with Gasteiger partial charge in [-0.05, 0) is 29.3 Å². The van der Waals surface area contributed by atoms with Crippen LogP contribution in [0.5, 0.6) is 5.75 Å². The smallest absolute Gasteiger partial charge is 0.246 e. The standard InChI is InChI=1S/C25H26N2O5S/c1-31-23-12-11-19(17-24(23)33(29,30)27-13-15-32-16-14-27)18-25(28)26-22-10-6-5-9-21(22)20-7-3-2-4-8-20/h2-12,17H,13-16,18H2,1H3,(H,26,28). The third-order valence-corrected chi connectivity index (χ3v) is 7.39. The van der Waals surface area contributed by atoms with Crippen molar-refractivity contribution < 1.29 is 22.7 Å². The first-order chi connectivity index (χ1) is 16.0. The molecule has 7 nitrogen and oxygen atoms in total. The minimum Gasteiger partial charge on any atom is -0.495 e. The van der Waals surface area contributed by atoms with Gasteiger partial charge < -0.3 is 14.8 Å². The Bertz CT molecular complexity index is 1220. The first kappa shape index (κ1) is 23.0. The third-order valence-electron chi connectivity index (χ3n) is 5.47. The molecule has 0 saturated carbocycles. The van der Waals surface area contributed by atoms with Crippen LogP contribution in [0.15, 0.2) is 77.7 Å². The van der Waals surface area contributed by atoms with Crippen LogP contribution in [-0.4, -0.2) is 52.0 Å². The van der Waals surface area contributed by atoms with Gasteiger partial charge in [-0.3, -0.25) is 4.79 Å². The summed E-state index contributed by atoms with van der Waals surface area (Å²) in [4.78, 5) is 12.9. The fraction of sp³-hybridized carbons (Fsp3) is 0.240. The van der Waals surface area contributed by atoms with Crippen molar-refractivity contribution >= 4 is 21.6 Å². The number of carbonyl (C=O) groups excluding carboxylic acids is 1. The van der Waals surface area contributed by atoms with Crippen molar-refractivity contribution in [2.45, 2.75) is 11.3 Å². The van der Waals surface area contributed by atoms with E-state index in [9.17, 15) is 13.2 Å². The Balaban J connectivity index is 1.56. The molecule has 0 aromatic heterocycles. The van der Waals surface area contributed by atoms with E-state index in [1.54, 1.807) is 12.1 Å². The summed E-state index contributed by atoms with van der Waals surface area (Å²) in [6, 6.07) is 22.2. The zero-order chi connectivity index (χ0) is 23.3. The molecule has 0 bridgehead atoms. The predicted molar refractivity (Wildman–Crippen MR) is 127 cm³/mol. The Morgan fingerprint density at radius 2 is 1.70 bits per heavy atom. The molecule has 1 aliphatic rings. The van der Waals surface area contributed by atoms with Gasteiger partial charge >= 0.3 is 0 Å². The van der Waals surface area contributed by atoms with Gasteiger partial charge in [0.1, 0.15) is 10.6 Å². The molecule has 172 valence electrons. The number of carbonyl (C=O) groups is 1. The molecule has 1 saturated heterocycles. The Labute approximate surface area is 194 Å². The highest BCUT2D eigenvalue weighted by atomic mass is 32.2. The number of sulfonamides is 1. The van der Waals surface area contributed by atoms with Crippen LogP contribution < -0.4 is 10.1 Å². The van der Waals surface area contributed by atoms with Crippen LogP contribution in [0.25, 0.3) is 11.1 Å². The van der Waals surface area contributed by atoms with Gasteiger partial charge in [0.25, 0.3) is 0 Å². The molecule has 1 N–H and O–H groups in total. The number of para-hydroxylation sites is 1. The van der Waals surface area contributed by atoms with E-state index in [1.165, 1.54) is 17.5 Å². The van der Waals surface area contributed by atoms with E-state index in [1.807, 2.05) is 54.6 Å². The van der Waals surface area contributed by atoms with Gasteiger partial charge in [0.15, 0.2) is 0 Å². The first-order valence-electron chi connectivity index (χ1n) is 10.7. The van der Waals surface area contributed by atoms with Crippen molar-refractivity contribution in [3.63, 3.8) is 0 Å². The van der Waals surface area contributed by atoms with E-state index in [-0.39, 0.29) is 36.1 Å². The minimum absolute atomic E-state index is 0.0265. The maximum absolute atomic E-state index is 13.2. The molecule has 0 aliphatic carbocycles. The second-order valence-corrected chi connectivity index (χ2v) is 9.54. The monoisotopic (exact) mass is 466 g/mol. The van der Waals surface area contributed by atoms with Crippen molar-refractivity contribution in [1.29, 1.82) is 0 Å². The van der Waals surface area contributed by atoms with Crippen molar-refractivity contribution in [3.8, 4) is 16.9 Å². The van der Waals surface area contributed by atoms with E-state index in [4.69, 9.17) is 9.47 Å². The van der Waals surface area contributed by atoms with Crippen LogP contribution in [-0.2, 0) is 26.0 Å². The fourth-order valence-electron chi connectivity index (χ4n) is 3.80. The number of nitrogens with one attached hydrogen (secondary N) is 1. The Morgan fingerprint density at radius 1 is 1.00 bits per heavy atom. The molecular formula is C25H26N2O5S. The lowest BCUT2D eigenvalue weighted by atomic mass is 10.0. The second-order valence-electron chi connectivity index (χ2n) is 7.64. The SMILES string of the molecule is COc1ccc(CC(=O)Nc2ccccc2-c2ccccc2)cc1S(=O)(=O)N1CCOCC1. The molecule has 1 aliphatic heterocycles. The van der Waals surface area contributed by atoms with Crippen LogP contribution in [0.4, 0.5) is 5.69 Å². The summed E-state index contributed by atoms with van der Waals surface area (Å²) in [5.41, 5.74) is 3.19. The number of methoxy groups -OCH3 is 1. The third kappa shape index (κ3) is 5.24. The fourth-order valence-corrected chi connectivity index (χ4v) is 5.41. The van der Waals surface area contributed by atoms with E-state index < -0.39 is 10.0 Å². The van der Waals surface area contributed by atoms with E-state index >= 15 is 0 Å². The molecule has 3 aromatic rings. The average Bonchev–Trinajstić information content (AvgIpc) is 2.85. The van der Waals surface area contributed by atoms with Crippen LogP contribution >= 0.6 is 0 Å². The second kappa shape index (κ2) is 10.2. The van der Waals surface area contributed by atoms with Gasteiger partial charge in [0, 0.05) is 24.3 Å². The number of morpholine rings is 1. The minimum atomic E-state index is -3.77. The number of benzene rings is 3. The predicted octanol–water partition coefficient (Wildman–Crippen LogP) is 3.56. The number of amides is 1. The molecule has 0 spiro atoms. The molecule has 1 heterocycles. The lowest BCUT2D eigenvalue weighted by Gasteiger charge is -2.26. The quantitative estimate of drug-likeness (QED) is 0.576. The van der Waals surface area contributed by atoms with Gasteiger partial charge in [-0.15, -0.1) is 0 Å². The van der Waals surface area contributed by atoms with E-state index in [2.05, 4.69) is 5.32 Å². The van der Waals surface area contributed by atoms with Crippen LogP contribution in [0.1, 0.15) is 5.56 Å². The maximum atomic E-state index is 13.2. The Hall–Kier alpha value is -3.20. The van der Waals surface area contributed by atoms with Crippen molar-refractivity contribution in [3.05, 3.63) is 78.4 Å². The zero-order valence-corrected chi connectivity index (χ0v) is 19.2. The summed E-state index contributed by atoms with van der Waals surface area (Å²) < 4.78 is 38.3. The highest BCUT2D eigenvalue weighted by molar-refractivity contribution is 7.89. The topological polar surface area (TPSA) is 84.9 Å². The number of hydrogen-bond acceptors (Lipinski definition) is 5. The molecule has 33 heavy (non-hydrogen) atoms. The number of rotatable bonds is 7. The molecule has 3 aromatic carbocycles. The summed E-state index contributed by atoms with van der Waals surface area (Å²) in [7, 11) is -2.34. The molecule has 8 heteroatoms. The van der Waals surface area contributed by atoms with Gasteiger partial charge in [0.2, 0.25) is 15.9 Å². The van der Waals surface area contributed by atoms with Crippen molar-refractivity contribution in [2.75, 3.05) is 38.7 Å². The zero-order valence-electron chi connectivity index (χ0n) is 18.4. The molecule has 0 atom stereocenters. The molecule has 1 amide bonds. The normalized spacial score (nSPS) is 14.6. The van der Waals surface area contributed by atoms with Crippen LogP contribution in [0, 0.1) is 0 Å². The summed E-state index contributed by atoms with van der Waals surface area (Å²) in [6.45, 7) is 1.27. The number of nitrogens with zero attached hydrogens (tertiary/aromatic N) is 1. The lowest BCUT2D eigenvalue weighted by Crippen LogP contribution is -2.40. The molecule has 0 unspecified atom stereocenters. The summed E-state index contributed by atoms with van der Waals surface area (Å²) in [6.07, 6.45) is 0.0265. The van der Waals surface area contributed by atoms with Gasteiger partial charge in [-0.25, -0.2) is 8.42 Å². The maximum Gasteiger partial charge on any atom is 0.246 e. The van der Waals surface area contributed by atoms with E-state index in [0.717, 1.165) is 11.1 Å². The number of anilines is 1.